The molecule has 0 saturated carbocycles. The number of para-hydroxylation sites is 2. The summed E-state index contributed by atoms with van der Waals surface area (Å²) in [5.41, 5.74) is 15.3. The van der Waals surface area contributed by atoms with Crippen LogP contribution >= 0.6 is 0 Å². The highest BCUT2D eigenvalue weighted by Gasteiger charge is 2.21. The van der Waals surface area contributed by atoms with Crippen molar-refractivity contribution in [2.75, 3.05) is 0 Å². The van der Waals surface area contributed by atoms with Gasteiger partial charge in [-0.1, -0.05) is 36.4 Å². The van der Waals surface area contributed by atoms with Crippen LogP contribution in [-0.2, 0) is 22.4 Å². The minimum atomic E-state index is -1.04. The molecule has 8 heteroatoms. The Labute approximate surface area is 184 Å². The van der Waals surface area contributed by atoms with Crippen molar-refractivity contribution in [3.63, 3.8) is 0 Å². The minimum Gasteiger partial charge on any atom is -0.480 e. The van der Waals surface area contributed by atoms with E-state index in [2.05, 4.69) is 9.13 Å². The molecule has 0 aliphatic carbocycles. The Balaban J connectivity index is 1.81. The highest BCUT2D eigenvalue weighted by Crippen LogP contribution is 2.30. The molecule has 32 heavy (non-hydrogen) atoms. The standard InChI is InChI=1S/C24H26N4O4/c1-14(27-12-15(10-19(25)23(29)30)17-6-2-4-8-21(17)27)28-13-16(11-20(26)24(31)32)18-7-3-5-9-22(18)28/h2-9,12-14,19-20H,10-11,25-26H2,1H3,(H,29,30)(H,31,32)/t19-,20-/m1/s1. The summed E-state index contributed by atoms with van der Waals surface area (Å²) < 4.78 is 4.18. The molecule has 2 atom stereocenters. The number of fused-ring (bicyclic) bond motifs is 2. The third-order valence-electron chi connectivity index (χ3n) is 5.97. The lowest BCUT2D eigenvalue weighted by Gasteiger charge is -2.19. The quantitative estimate of drug-likeness (QED) is 0.336. The molecule has 0 amide bonds. The Morgan fingerprint density at radius 1 is 0.781 bits per heavy atom. The number of nitrogens with zero attached hydrogens (tertiary/aromatic N) is 2. The number of carboxylic acids is 2. The van der Waals surface area contributed by atoms with Gasteiger partial charge >= 0.3 is 11.9 Å². The fourth-order valence-electron chi connectivity index (χ4n) is 4.28. The average Bonchev–Trinajstić information content (AvgIpc) is 3.32. The summed E-state index contributed by atoms with van der Waals surface area (Å²) in [5, 5.41) is 20.4. The average molecular weight is 434 g/mol. The summed E-state index contributed by atoms with van der Waals surface area (Å²) in [6.45, 7) is 2.04. The smallest absolute Gasteiger partial charge is 0.320 e. The Kier molecular flexibility index (Phi) is 5.73. The summed E-state index contributed by atoms with van der Waals surface area (Å²) in [7, 11) is 0. The van der Waals surface area contributed by atoms with Crippen LogP contribution < -0.4 is 11.5 Å². The third kappa shape index (κ3) is 3.86. The van der Waals surface area contributed by atoms with E-state index < -0.39 is 24.0 Å². The molecule has 8 nitrogen and oxygen atoms in total. The molecule has 0 aliphatic heterocycles. The molecule has 6 N–H and O–H groups in total. The van der Waals surface area contributed by atoms with Gasteiger partial charge in [0.2, 0.25) is 0 Å². The van der Waals surface area contributed by atoms with Gasteiger partial charge in [0.15, 0.2) is 0 Å². The van der Waals surface area contributed by atoms with E-state index in [-0.39, 0.29) is 19.0 Å². The Bertz CT molecular complexity index is 1210. The topological polar surface area (TPSA) is 136 Å². The number of carboxylic acid groups (broad SMARTS) is 2. The second kappa shape index (κ2) is 8.49. The summed E-state index contributed by atoms with van der Waals surface area (Å²) >= 11 is 0. The molecule has 0 saturated heterocycles. The lowest BCUT2D eigenvalue weighted by Crippen LogP contribution is -2.32. The van der Waals surface area contributed by atoms with E-state index in [4.69, 9.17) is 11.5 Å². The van der Waals surface area contributed by atoms with Crippen LogP contribution in [0.2, 0.25) is 0 Å². The van der Waals surface area contributed by atoms with E-state index >= 15 is 0 Å². The molecule has 0 unspecified atom stereocenters. The first-order valence-electron chi connectivity index (χ1n) is 10.4. The zero-order valence-corrected chi connectivity index (χ0v) is 17.7. The molecule has 2 heterocycles. The Morgan fingerprint density at radius 2 is 1.16 bits per heavy atom. The number of rotatable bonds is 8. The Hall–Kier alpha value is -3.62. The van der Waals surface area contributed by atoms with Crippen LogP contribution in [0.1, 0.15) is 24.2 Å². The van der Waals surface area contributed by atoms with Gasteiger partial charge in [-0.05, 0) is 30.2 Å². The van der Waals surface area contributed by atoms with E-state index in [0.717, 1.165) is 32.9 Å². The number of benzene rings is 2. The lowest BCUT2D eigenvalue weighted by atomic mass is 10.1. The summed E-state index contributed by atoms with van der Waals surface area (Å²) in [4.78, 5) is 22.6. The number of hydrogen-bond acceptors (Lipinski definition) is 4. The van der Waals surface area contributed by atoms with Gasteiger partial charge in [-0.2, -0.15) is 0 Å². The predicted molar refractivity (Wildman–Crippen MR) is 123 cm³/mol. The molecular weight excluding hydrogens is 408 g/mol. The third-order valence-corrected chi connectivity index (χ3v) is 5.97. The summed E-state index contributed by atoms with van der Waals surface area (Å²) in [6.07, 6.45) is 4.20. The van der Waals surface area contributed by atoms with Gasteiger partial charge in [0.25, 0.3) is 0 Å². The molecule has 0 spiro atoms. The highest BCUT2D eigenvalue weighted by molar-refractivity contribution is 5.87. The maximum atomic E-state index is 11.3. The first kappa shape index (κ1) is 21.6. The zero-order chi connectivity index (χ0) is 23.0. The molecular formula is C24H26N4O4. The normalized spacial score (nSPS) is 13.6. The van der Waals surface area contributed by atoms with Crippen LogP contribution in [0.25, 0.3) is 21.8 Å². The highest BCUT2D eigenvalue weighted by atomic mass is 16.4. The van der Waals surface area contributed by atoms with Crippen LogP contribution in [-0.4, -0.2) is 43.4 Å². The number of aromatic nitrogens is 2. The monoisotopic (exact) mass is 434 g/mol. The van der Waals surface area contributed by atoms with Crippen molar-refractivity contribution >= 4 is 33.7 Å². The van der Waals surface area contributed by atoms with Crippen molar-refractivity contribution in [2.45, 2.75) is 38.0 Å². The number of hydrogen-bond donors (Lipinski definition) is 4. The molecule has 0 aliphatic rings. The SMILES string of the molecule is CC(n1cc(C[C@@H](N)C(=O)O)c2ccccc21)n1cc(C[C@@H](N)C(=O)O)c2ccccc21. The molecule has 2 aromatic carbocycles. The van der Waals surface area contributed by atoms with Gasteiger partial charge in [0.1, 0.15) is 18.2 Å². The van der Waals surface area contributed by atoms with Gasteiger partial charge in [-0.25, -0.2) is 0 Å². The van der Waals surface area contributed by atoms with Crippen molar-refractivity contribution in [2.24, 2.45) is 11.5 Å². The van der Waals surface area contributed by atoms with Gasteiger partial charge in [-0.3, -0.25) is 9.59 Å². The maximum absolute atomic E-state index is 11.3. The molecule has 0 radical (unpaired) electrons. The van der Waals surface area contributed by atoms with Crippen molar-refractivity contribution in [1.29, 1.82) is 0 Å². The van der Waals surface area contributed by atoms with Crippen LogP contribution in [0.4, 0.5) is 0 Å². The largest absolute Gasteiger partial charge is 0.480 e. The van der Waals surface area contributed by atoms with E-state index in [9.17, 15) is 19.8 Å². The number of nitrogens with two attached hydrogens (primary N) is 2. The second-order valence-electron chi connectivity index (χ2n) is 8.09. The number of aliphatic carboxylic acids is 2. The minimum absolute atomic E-state index is 0.158. The van der Waals surface area contributed by atoms with E-state index in [1.165, 1.54) is 0 Å². The molecule has 4 rings (SSSR count). The summed E-state index contributed by atoms with van der Waals surface area (Å²) in [6, 6.07) is 13.7. The molecule has 4 aromatic rings. The van der Waals surface area contributed by atoms with E-state index in [1.54, 1.807) is 0 Å². The van der Waals surface area contributed by atoms with Crippen molar-refractivity contribution < 1.29 is 19.8 Å². The zero-order valence-electron chi connectivity index (χ0n) is 17.7. The lowest BCUT2D eigenvalue weighted by molar-refractivity contribution is -0.139. The van der Waals surface area contributed by atoms with Gasteiger partial charge in [-0.15, -0.1) is 0 Å². The van der Waals surface area contributed by atoms with Crippen LogP contribution in [0.5, 0.6) is 0 Å². The molecule has 166 valence electrons. The van der Waals surface area contributed by atoms with E-state index in [0.29, 0.717) is 0 Å². The van der Waals surface area contributed by atoms with Crippen LogP contribution in [0, 0.1) is 0 Å². The van der Waals surface area contributed by atoms with Gasteiger partial charge in [0, 0.05) is 36.0 Å². The van der Waals surface area contributed by atoms with Crippen molar-refractivity contribution in [3.8, 4) is 0 Å². The van der Waals surface area contributed by atoms with Crippen molar-refractivity contribution in [1.82, 2.24) is 9.13 Å². The fourth-order valence-corrected chi connectivity index (χ4v) is 4.28. The predicted octanol–water partition coefficient (Wildman–Crippen LogP) is 2.57. The van der Waals surface area contributed by atoms with Crippen LogP contribution in [0.3, 0.4) is 0 Å². The first-order valence-corrected chi connectivity index (χ1v) is 10.4. The van der Waals surface area contributed by atoms with Gasteiger partial charge < -0.3 is 30.8 Å². The maximum Gasteiger partial charge on any atom is 0.320 e. The number of carbonyl (C=O) groups is 2. The van der Waals surface area contributed by atoms with Crippen LogP contribution in [0.15, 0.2) is 60.9 Å². The van der Waals surface area contributed by atoms with Crippen molar-refractivity contribution in [3.05, 3.63) is 72.1 Å². The summed E-state index contributed by atoms with van der Waals surface area (Å²) in [5.74, 6) is -2.07. The Morgan fingerprint density at radius 3 is 1.53 bits per heavy atom. The first-order chi connectivity index (χ1) is 15.3. The molecule has 0 bridgehead atoms. The second-order valence-corrected chi connectivity index (χ2v) is 8.09. The molecule has 2 aromatic heterocycles. The molecule has 0 fully saturated rings. The van der Waals surface area contributed by atoms with Gasteiger partial charge in [0.05, 0.1) is 11.0 Å². The fraction of sp³-hybridized carbons (Fsp3) is 0.250. The van der Waals surface area contributed by atoms with E-state index in [1.807, 2.05) is 67.8 Å².